The zero-order valence-corrected chi connectivity index (χ0v) is 10.1. The van der Waals surface area contributed by atoms with E-state index in [1.807, 2.05) is 13.8 Å². The van der Waals surface area contributed by atoms with Gasteiger partial charge in [0.2, 0.25) is 5.91 Å². The average molecular weight is 263 g/mol. The molecular formula is C8H11BrN2OS. The lowest BCUT2D eigenvalue weighted by atomic mass is 10.4. The minimum Gasteiger partial charge on any atom is -0.301 e. The first-order valence-corrected chi connectivity index (χ1v) is 5.63. The summed E-state index contributed by atoms with van der Waals surface area (Å²) in [5.41, 5.74) is 0.975. The number of nitrogens with zero attached hydrogens (tertiary/aromatic N) is 1. The van der Waals surface area contributed by atoms with Gasteiger partial charge in [0.1, 0.15) is 0 Å². The van der Waals surface area contributed by atoms with Gasteiger partial charge >= 0.3 is 0 Å². The predicted molar refractivity (Wildman–Crippen MR) is 58.6 cm³/mol. The van der Waals surface area contributed by atoms with Crippen LogP contribution in [0.2, 0.25) is 0 Å². The van der Waals surface area contributed by atoms with E-state index < -0.39 is 0 Å². The highest BCUT2D eigenvalue weighted by atomic mass is 79.9. The van der Waals surface area contributed by atoms with Crippen LogP contribution in [-0.2, 0) is 4.79 Å². The molecule has 0 aliphatic rings. The number of thiazole rings is 1. The lowest BCUT2D eigenvalue weighted by Crippen LogP contribution is -2.19. The third-order valence-electron chi connectivity index (χ3n) is 1.62. The maximum absolute atomic E-state index is 11.2. The van der Waals surface area contributed by atoms with Crippen molar-refractivity contribution in [3.05, 3.63) is 10.6 Å². The SMILES string of the molecule is Cc1nc(NC(=O)C(C)Br)sc1C. The monoisotopic (exact) mass is 262 g/mol. The van der Waals surface area contributed by atoms with Crippen LogP contribution in [-0.4, -0.2) is 15.7 Å². The van der Waals surface area contributed by atoms with Crippen LogP contribution in [0.3, 0.4) is 0 Å². The summed E-state index contributed by atoms with van der Waals surface area (Å²) >= 11 is 4.68. The highest BCUT2D eigenvalue weighted by Gasteiger charge is 2.11. The number of amides is 1. The second kappa shape index (κ2) is 4.19. The van der Waals surface area contributed by atoms with E-state index in [-0.39, 0.29) is 10.7 Å². The number of carbonyl (C=O) groups excluding carboxylic acids is 1. The second-order valence-corrected chi connectivity index (χ2v) is 5.34. The molecule has 0 saturated carbocycles. The van der Waals surface area contributed by atoms with E-state index >= 15 is 0 Å². The van der Waals surface area contributed by atoms with Gasteiger partial charge in [-0.15, -0.1) is 11.3 Å². The van der Waals surface area contributed by atoms with Gasteiger partial charge in [-0.25, -0.2) is 4.98 Å². The third-order valence-corrected chi connectivity index (χ3v) is 3.02. The average Bonchev–Trinajstić information content (AvgIpc) is 2.31. The number of halogens is 1. The highest BCUT2D eigenvalue weighted by molar-refractivity contribution is 9.10. The van der Waals surface area contributed by atoms with Crippen LogP contribution in [0.15, 0.2) is 0 Å². The fraction of sp³-hybridized carbons (Fsp3) is 0.500. The summed E-state index contributed by atoms with van der Waals surface area (Å²) < 4.78 is 0. The van der Waals surface area contributed by atoms with Crippen molar-refractivity contribution >= 4 is 38.3 Å². The summed E-state index contributed by atoms with van der Waals surface area (Å²) in [4.78, 5) is 16.4. The maximum atomic E-state index is 11.2. The molecule has 72 valence electrons. The van der Waals surface area contributed by atoms with Crippen molar-refractivity contribution in [3.63, 3.8) is 0 Å². The predicted octanol–water partition coefficient (Wildman–Crippen LogP) is 2.48. The maximum Gasteiger partial charge on any atom is 0.239 e. The molecule has 0 radical (unpaired) electrons. The molecule has 1 atom stereocenters. The first-order valence-electron chi connectivity index (χ1n) is 3.89. The van der Waals surface area contributed by atoms with Crippen molar-refractivity contribution in [2.75, 3.05) is 5.32 Å². The Kier molecular flexibility index (Phi) is 3.44. The lowest BCUT2D eigenvalue weighted by Gasteiger charge is -2.01. The summed E-state index contributed by atoms with van der Waals surface area (Å²) in [5.74, 6) is -0.0613. The van der Waals surface area contributed by atoms with Crippen LogP contribution in [0.5, 0.6) is 0 Å². The molecule has 0 bridgehead atoms. The van der Waals surface area contributed by atoms with Crippen molar-refractivity contribution < 1.29 is 4.79 Å². The Balaban J connectivity index is 2.70. The molecular weight excluding hydrogens is 252 g/mol. The standard InChI is InChI=1S/C8H11BrN2OS/c1-4(9)7(12)11-8-10-5(2)6(3)13-8/h4H,1-3H3,(H,10,11,12). The summed E-state index contributed by atoms with van der Waals surface area (Å²) in [6.07, 6.45) is 0. The summed E-state index contributed by atoms with van der Waals surface area (Å²) in [7, 11) is 0. The van der Waals surface area contributed by atoms with Gasteiger partial charge in [0, 0.05) is 4.88 Å². The van der Waals surface area contributed by atoms with E-state index in [1.54, 1.807) is 6.92 Å². The number of hydrogen-bond acceptors (Lipinski definition) is 3. The van der Waals surface area contributed by atoms with Crippen molar-refractivity contribution in [3.8, 4) is 0 Å². The van der Waals surface area contributed by atoms with E-state index in [0.29, 0.717) is 5.13 Å². The van der Waals surface area contributed by atoms with E-state index in [0.717, 1.165) is 10.6 Å². The number of rotatable bonds is 2. The number of aromatic nitrogens is 1. The van der Waals surface area contributed by atoms with Gasteiger partial charge in [-0.2, -0.15) is 0 Å². The van der Waals surface area contributed by atoms with Crippen molar-refractivity contribution in [1.82, 2.24) is 4.98 Å². The van der Waals surface area contributed by atoms with Gasteiger partial charge in [0.05, 0.1) is 10.5 Å². The first-order chi connectivity index (χ1) is 6.00. The molecule has 1 aromatic rings. The fourth-order valence-corrected chi connectivity index (χ4v) is 1.66. The van der Waals surface area contributed by atoms with Crippen LogP contribution in [0.25, 0.3) is 0 Å². The second-order valence-electron chi connectivity index (χ2n) is 2.77. The van der Waals surface area contributed by atoms with Gasteiger partial charge < -0.3 is 5.32 Å². The molecule has 1 unspecified atom stereocenters. The fourth-order valence-electron chi connectivity index (χ4n) is 0.731. The van der Waals surface area contributed by atoms with E-state index in [4.69, 9.17) is 0 Å². The Hall–Kier alpha value is -0.420. The molecule has 1 heterocycles. The lowest BCUT2D eigenvalue weighted by molar-refractivity contribution is -0.115. The number of alkyl halides is 1. The van der Waals surface area contributed by atoms with Crippen LogP contribution in [0, 0.1) is 13.8 Å². The van der Waals surface area contributed by atoms with Gasteiger partial charge in [-0.1, -0.05) is 15.9 Å². The number of hydrogen-bond donors (Lipinski definition) is 1. The normalized spacial score (nSPS) is 12.6. The molecule has 1 aromatic heterocycles. The van der Waals surface area contributed by atoms with Gasteiger partial charge in [-0.3, -0.25) is 4.79 Å². The van der Waals surface area contributed by atoms with Crippen LogP contribution >= 0.6 is 27.3 Å². The summed E-state index contributed by atoms with van der Waals surface area (Å²) in [6.45, 7) is 5.70. The number of aryl methyl sites for hydroxylation is 2. The minimum atomic E-state index is -0.183. The molecule has 0 aliphatic carbocycles. The molecule has 5 heteroatoms. The quantitative estimate of drug-likeness (QED) is 0.833. The Morgan fingerprint density at radius 1 is 1.62 bits per heavy atom. The van der Waals surface area contributed by atoms with Crippen molar-refractivity contribution in [1.29, 1.82) is 0 Å². The Morgan fingerprint density at radius 3 is 2.62 bits per heavy atom. The zero-order valence-electron chi connectivity index (χ0n) is 7.72. The molecule has 0 saturated heterocycles. The summed E-state index contributed by atoms with van der Waals surface area (Å²) in [5, 5.41) is 3.40. The third kappa shape index (κ3) is 2.77. The summed E-state index contributed by atoms with van der Waals surface area (Å²) in [6, 6.07) is 0. The Bertz CT molecular complexity index is 302. The minimum absolute atomic E-state index is 0.0613. The highest BCUT2D eigenvalue weighted by Crippen LogP contribution is 2.21. The number of anilines is 1. The molecule has 1 rings (SSSR count). The Morgan fingerprint density at radius 2 is 2.23 bits per heavy atom. The topological polar surface area (TPSA) is 42.0 Å². The zero-order chi connectivity index (χ0) is 10.0. The molecule has 0 aliphatic heterocycles. The van der Waals surface area contributed by atoms with Gasteiger partial charge in [0.15, 0.2) is 5.13 Å². The van der Waals surface area contributed by atoms with E-state index in [9.17, 15) is 4.79 Å². The molecule has 13 heavy (non-hydrogen) atoms. The van der Waals surface area contributed by atoms with Gasteiger partial charge in [0.25, 0.3) is 0 Å². The van der Waals surface area contributed by atoms with E-state index in [1.165, 1.54) is 11.3 Å². The van der Waals surface area contributed by atoms with Crippen LogP contribution in [0.4, 0.5) is 5.13 Å². The van der Waals surface area contributed by atoms with Crippen molar-refractivity contribution in [2.24, 2.45) is 0 Å². The Labute approximate surface area is 89.7 Å². The first kappa shape index (κ1) is 10.7. The number of nitrogens with one attached hydrogen (secondary N) is 1. The van der Waals surface area contributed by atoms with Crippen LogP contribution in [0.1, 0.15) is 17.5 Å². The van der Waals surface area contributed by atoms with Gasteiger partial charge in [-0.05, 0) is 20.8 Å². The number of carbonyl (C=O) groups is 1. The molecule has 3 nitrogen and oxygen atoms in total. The molecule has 0 aromatic carbocycles. The molecule has 0 fully saturated rings. The molecule has 1 N–H and O–H groups in total. The van der Waals surface area contributed by atoms with E-state index in [2.05, 4.69) is 26.2 Å². The van der Waals surface area contributed by atoms with Crippen LogP contribution < -0.4 is 5.32 Å². The molecule has 0 spiro atoms. The smallest absolute Gasteiger partial charge is 0.239 e. The van der Waals surface area contributed by atoms with Crippen molar-refractivity contribution in [2.45, 2.75) is 25.6 Å². The largest absolute Gasteiger partial charge is 0.301 e. The molecule has 1 amide bonds.